The fourth-order valence-corrected chi connectivity index (χ4v) is 2.52. The molecule has 2 saturated carbocycles. The Morgan fingerprint density at radius 3 is 2.40 bits per heavy atom. The Balaban J connectivity index is 1.52. The summed E-state index contributed by atoms with van der Waals surface area (Å²) >= 11 is 0. The quantitative estimate of drug-likeness (QED) is 0.583. The van der Waals surface area contributed by atoms with Gasteiger partial charge < -0.3 is 14.8 Å². The zero-order valence-corrected chi connectivity index (χ0v) is 12.6. The van der Waals surface area contributed by atoms with Crippen molar-refractivity contribution < 1.29 is 9.47 Å². The van der Waals surface area contributed by atoms with Gasteiger partial charge in [-0.1, -0.05) is 12.1 Å². The summed E-state index contributed by atoms with van der Waals surface area (Å²) < 4.78 is 11.4. The molecule has 1 N–H and O–H groups in total. The van der Waals surface area contributed by atoms with Crippen LogP contribution in [0.5, 0.6) is 5.75 Å². The summed E-state index contributed by atoms with van der Waals surface area (Å²) in [5.41, 5.74) is 3.75. The van der Waals surface area contributed by atoms with Crippen molar-refractivity contribution in [1.82, 2.24) is 5.32 Å². The van der Waals surface area contributed by atoms with Crippen molar-refractivity contribution >= 4 is 0 Å². The molecule has 2 aliphatic carbocycles. The van der Waals surface area contributed by atoms with Gasteiger partial charge in [0.05, 0.1) is 6.61 Å². The minimum atomic E-state index is 0.373. The fourth-order valence-electron chi connectivity index (χ4n) is 2.52. The molecule has 3 rings (SSSR count). The van der Waals surface area contributed by atoms with E-state index in [-0.39, 0.29) is 0 Å². The highest BCUT2D eigenvalue weighted by atomic mass is 16.7. The predicted molar refractivity (Wildman–Crippen MR) is 79.9 cm³/mol. The summed E-state index contributed by atoms with van der Waals surface area (Å²) in [6.45, 7) is 6.41. The van der Waals surface area contributed by atoms with Crippen LogP contribution in [-0.4, -0.2) is 19.4 Å². The van der Waals surface area contributed by atoms with Crippen molar-refractivity contribution in [3.63, 3.8) is 0 Å². The first-order valence-corrected chi connectivity index (χ1v) is 7.76. The van der Waals surface area contributed by atoms with E-state index >= 15 is 0 Å². The Hall–Kier alpha value is -1.06. The number of hydrogen-bond acceptors (Lipinski definition) is 3. The molecule has 110 valence electrons. The Bertz CT molecular complexity index is 441. The van der Waals surface area contributed by atoms with E-state index in [0.717, 1.165) is 30.9 Å². The van der Waals surface area contributed by atoms with Gasteiger partial charge in [-0.15, -0.1) is 0 Å². The highest BCUT2D eigenvalue weighted by molar-refractivity contribution is 5.43. The first-order valence-electron chi connectivity index (χ1n) is 7.76. The molecular formula is C17H25NO2. The summed E-state index contributed by atoms with van der Waals surface area (Å²) in [4.78, 5) is 0. The predicted octanol–water partition coefficient (Wildman–Crippen LogP) is 3.32. The van der Waals surface area contributed by atoms with Crippen molar-refractivity contribution in [2.75, 3.05) is 13.4 Å². The van der Waals surface area contributed by atoms with Crippen molar-refractivity contribution in [1.29, 1.82) is 0 Å². The van der Waals surface area contributed by atoms with Gasteiger partial charge in [0.25, 0.3) is 0 Å². The molecule has 20 heavy (non-hydrogen) atoms. The van der Waals surface area contributed by atoms with Crippen LogP contribution in [0.25, 0.3) is 0 Å². The molecule has 0 unspecified atom stereocenters. The number of ether oxygens (including phenoxy) is 2. The largest absolute Gasteiger partial charge is 0.467 e. The number of rotatable bonds is 8. The maximum absolute atomic E-state index is 5.80. The summed E-state index contributed by atoms with van der Waals surface area (Å²) in [6, 6.07) is 5.19. The third kappa shape index (κ3) is 3.97. The van der Waals surface area contributed by atoms with Crippen LogP contribution in [0, 0.1) is 19.8 Å². The van der Waals surface area contributed by atoms with Gasteiger partial charge in [0.1, 0.15) is 5.75 Å². The monoisotopic (exact) mass is 275 g/mol. The lowest BCUT2D eigenvalue weighted by Crippen LogP contribution is -2.15. The normalized spacial score (nSPS) is 18.3. The lowest BCUT2D eigenvalue weighted by molar-refractivity contribution is 0.00922. The number of benzene rings is 1. The minimum absolute atomic E-state index is 0.373. The highest BCUT2D eigenvalue weighted by Crippen LogP contribution is 2.29. The molecule has 2 aliphatic rings. The molecule has 0 heterocycles. The summed E-state index contributed by atoms with van der Waals surface area (Å²) in [5, 5.41) is 3.55. The van der Waals surface area contributed by atoms with Crippen molar-refractivity contribution in [2.24, 2.45) is 5.92 Å². The second-order valence-corrected chi connectivity index (χ2v) is 6.29. The Morgan fingerprint density at radius 1 is 1.10 bits per heavy atom. The zero-order chi connectivity index (χ0) is 13.9. The van der Waals surface area contributed by atoms with Crippen LogP contribution >= 0.6 is 0 Å². The van der Waals surface area contributed by atoms with Gasteiger partial charge in [0.15, 0.2) is 6.79 Å². The average Bonchev–Trinajstić information content (AvgIpc) is 3.28. The molecule has 0 atom stereocenters. The van der Waals surface area contributed by atoms with Gasteiger partial charge in [0.2, 0.25) is 0 Å². The van der Waals surface area contributed by atoms with Crippen LogP contribution in [0.2, 0.25) is 0 Å². The summed E-state index contributed by atoms with van der Waals surface area (Å²) in [7, 11) is 0. The molecule has 1 aromatic rings. The molecule has 0 radical (unpaired) electrons. The Kier molecular flexibility index (Phi) is 4.27. The molecule has 1 aromatic carbocycles. The molecule has 0 saturated heterocycles. The summed E-state index contributed by atoms with van der Waals surface area (Å²) in [6.07, 6.45) is 5.30. The number of hydrogen-bond donors (Lipinski definition) is 1. The maximum atomic E-state index is 5.80. The van der Waals surface area contributed by atoms with Crippen LogP contribution in [0.3, 0.4) is 0 Å². The van der Waals surface area contributed by atoms with Gasteiger partial charge in [-0.2, -0.15) is 0 Å². The first kappa shape index (κ1) is 13.9. The van der Waals surface area contributed by atoms with E-state index in [1.54, 1.807) is 0 Å². The maximum Gasteiger partial charge on any atom is 0.189 e. The smallest absolute Gasteiger partial charge is 0.189 e. The molecule has 0 spiro atoms. The van der Waals surface area contributed by atoms with Crippen molar-refractivity contribution in [3.05, 3.63) is 28.8 Å². The van der Waals surface area contributed by atoms with Gasteiger partial charge in [-0.3, -0.25) is 0 Å². The Morgan fingerprint density at radius 2 is 1.80 bits per heavy atom. The van der Waals surface area contributed by atoms with E-state index in [9.17, 15) is 0 Å². The van der Waals surface area contributed by atoms with E-state index in [2.05, 4.69) is 31.3 Å². The highest BCUT2D eigenvalue weighted by Gasteiger charge is 2.21. The lowest BCUT2D eigenvalue weighted by Gasteiger charge is -2.14. The molecule has 0 amide bonds. The van der Waals surface area contributed by atoms with Crippen LogP contribution in [0.1, 0.15) is 42.4 Å². The summed E-state index contributed by atoms with van der Waals surface area (Å²) in [5.74, 6) is 1.77. The van der Waals surface area contributed by atoms with Crippen molar-refractivity contribution in [3.8, 4) is 5.75 Å². The third-order valence-electron chi connectivity index (χ3n) is 4.03. The van der Waals surface area contributed by atoms with Gasteiger partial charge in [-0.25, -0.2) is 0 Å². The molecule has 0 aromatic heterocycles. The molecular weight excluding hydrogens is 250 g/mol. The van der Waals surface area contributed by atoms with Crippen LogP contribution < -0.4 is 10.1 Å². The van der Waals surface area contributed by atoms with E-state index in [1.165, 1.54) is 42.4 Å². The average molecular weight is 275 g/mol. The SMILES string of the molecule is Cc1cc(CNC2CC2)cc(C)c1OCOCC1CC1. The van der Waals surface area contributed by atoms with Gasteiger partial charge in [0, 0.05) is 12.6 Å². The zero-order valence-electron chi connectivity index (χ0n) is 12.6. The lowest BCUT2D eigenvalue weighted by atomic mass is 10.1. The topological polar surface area (TPSA) is 30.5 Å². The minimum Gasteiger partial charge on any atom is -0.467 e. The third-order valence-corrected chi connectivity index (χ3v) is 4.03. The molecule has 0 aliphatic heterocycles. The van der Waals surface area contributed by atoms with E-state index in [4.69, 9.17) is 9.47 Å². The van der Waals surface area contributed by atoms with Crippen LogP contribution in [-0.2, 0) is 11.3 Å². The number of nitrogens with one attached hydrogen (secondary N) is 1. The van der Waals surface area contributed by atoms with Crippen LogP contribution in [0.15, 0.2) is 12.1 Å². The van der Waals surface area contributed by atoms with Crippen LogP contribution in [0.4, 0.5) is 0 Å². The van der Waals surface area contributed by atoms with Gasteiger partial charge in [-0.05, 0) is 62.1 Å². The van der Waals surface area contributed by atoms with E-state index in [0.29, 0.717) is 6.79 Å². The van der Waals surface area contributed by atoms with Gasteiger partial charge >= 0.3 is 0 Å². The van der Waals surface area contributed by atoms with E-state index < -0.39 is 0 Å². The second kappa shape index (κ2) is 6.15. The Labute approximate surface area is 121 Å². The van der Waals surface area contributed by atoms with Crippen molar-refractivity contribution in [2.45, 2.75) is 52.1 Å². The molecule has 3 heteroatoms. The molecule has 0 bridgehead atoms. The fraction of sp³-hybridized carbons (Fsp3) is 0.647. The second-order valence-electron chi connectivity index (χ2n) is 6.29. The molecule has 2 fully saturated rings. The first-order chi connectivity index (χ1) is 9.72. The molecule has 3 nitrogen and oxygen atoms in total. The number of aryl methyl sites for hydroxylation is 2. The van der Waals surface area contributed by atoms with E-state index in [1.807, 2.05) is 0 Å². The standard InChI is InChI=1S/C17H25NO2/c1-12-7-15(9-18-16-5-6-16)8-13(2)17(12)20-11-19-10-14-3-4-14/h7-8,14,16,18H,3-6,9-11H2,1-2H3.